The molecule has 0 spiro atoms. The molecule has 1 aliphatic heterocycles. The Labute approximate surface area is 332 Å². The van der Waals surface area contributed by atoms with Crippen molar-refractivity contribution >= 4 is 45.8 Å². The Morgan fingerprint density at radius 2 is 1.70 bits per heavy atom. The van der Waals surface area contributed by atoms with Crippen LogP contribution in [0.25, 0.3) is 10.8 Å². The van der Waals surface area contributed by atoms with Gasteiger partial charge in [-0.25, -0.2) is 9.78 Å². The number of benzene rings is 2. The number of carbonyl (C=O) groups is 4. The number of hydrogen-bond acceptors (Lipinski definition) is 10. The summed E-state index contributed by atoms with van der Waals surface area (Å²) in [6.45, 7) is 16.4. The van der Waals surface area contributed by atoms with Crippen molar-refractivity contribution in [2.75, 3.05) is 20.8 Å². The highest BCUT2D eigenvalue weighted by atomic mass is 32.2. The molecule has 0 bridgehead atoms. The van der Waals surface area contributed by atoms with E-state index in [9.17, 15) is 23.7 Å². The van der Waals surface area contributed by atoms with Gasteiger partial charge in [0.1, 0.15) is 40.6 Å². The molecule has 0 radical (unpaired) electrons. The lowest BCUT2D eigenvalue weighted by molar-refractivity contribution is -0.143. The van der Waals surface area contributed by atoms with Crippen molar-refractivity contribution < 1.29 is 42.7 Å². The molecule has 302 valence electrons. The predicted octanol–water partition coefficient (Wildman–Crippen LogP) is 6.17. The molecule has 13 nitrogen and oxygen atoms in total. The van der Waals surface area contributed by atoms with E-state index in [2.05, 4.69) is 21.6 Å². The van der Waals surface area contributed by atoms with E-state index < -0.39 is 69.8 Å². The third-order valence-corrected chi connectivity index (χ3v) is 11.4. The average Bonchev–Trinajstić information content (AvgIpc) is 3.71. The van der Waals surface area contributed by atoms with Crippen molar-refractivity contribution in [1.82, 2.24) is 19.9 Å². The maximum atomic E-state index is 14.6. The largest absolute Gasteiger partial charge is 0.588 e. The number of nitrogens with one attached hydrogen (secondary N) is 2. The molecule has 2 heterocycles. The van der Waals surface area contributed by atoms with E-state index in [1.807, 2.05) is 39.0 Å². The molecule has 2 N–H and O–H groups in total. The molecule has 5 rings (SSSR count). The number of likely N-dealkylation sites (tertiary alicyclic amines) is 1. The number of rotatable bonds is 14. The van der Waals surface area contributed by atoms with Gasteiger partial charge in [-0.1, -0.05) is 33.8 Å². The Balaban J connectivity index is 1.41. The summed E-state index contributed by atoms with van der Waals surface area (Å²) in [7, 11) is 3.11. The van der Waals surface area contributed by atoms with Crippen LogP contribution in [0.4, 0.5) is 4.79 Å². The van der Waals surface area contributed by atoms with Gasteiger partial charge in [0.05, 0.1) is 32.2 Å². The zero-order valence-corrected chi connectivity index (χ0v) is 34.5. The van der Waals surface area contributed by atoms with Gasteiger partial charge >= 0.3 is 6.09 Å². The standard InChI is InChI=1S/C42H54N4O9S/c1-11-27-23-42(27,38(49)45-56(51)31-15-12-28(52-9)13-16-31)22-25(2)34(47)33-21-30(54-36-32-17-14-29(53-10)20-26(32)18-19-43-36)24-46(33)37(48)35(40(3,4)5)44-39(50)55-41(6,7)8/h11-20,25,27,30,33,35H,1,21-24H2,2-10H3,(H,44,50)(H,45,49)/t25?,27-,30-,33+,35-,42+,56?/m1/s1. The smallest absolute Gasteiger partial charge is 0.408 e. The maximum absolute atomic E-state index is 14.6. The van der Waals surface area contributed by atoms with Crippen molar-refractivity contribution in [3.05, 3.63) is 67.4 Å². The number of alkyl carbamates (subject to hydrolysis) is 1. The Morgan fingerprint density at radius 3 is 2.29 bits per heavy atom. The molecule has 2 aromatic carbocycles. The van der Waals surface area contributed by atoms with Gasteiger partial charge in [0, 0.05) is 23.9 Å². The Morgan fingerprint density at radius 1 is 1.04 bits per heavy atom. The fourth-order valence-corrected chi connectivity index (χ4v) is 8.17. The number of fused-ring (bicyclic) bond motifs is 1. The first-order chi connectivity index (χ1) is 26.3. The minimum Gasteiger partial charge on any atom is -0.588 e. The van der Waals surface area contributed by atoms with E-state index in [1.165, 1.54) is 12.0 Å². The van der Waals surface area contributed by atoms with Crippen LogP contribution in [0, 0.1) is 22.7 Å². The van der Waals surface area contributed by atoms with Gasteiger partial charge in [-0.05, 0) is 98.9 Å². The van der Waals surface area contributed by atoms with Crippen molar-refractivity contribution in [2.24, 2.45) is 22.7 Å². The molecule has 14 heteroatoms. The number of Topliss-reactive ketones (excluding diaryl/α,β-unsaturated/α-hetero) is 1. The molecular formula is C42H54N4O9S. The third-order valence-electron chi connectivity index (χ3n) is 10.3. The van der Waals surface area contributed by atoms with E-state index in [0.717, 1.165) is 10.8 Å². The summed E-state index contributed by atoms with van der Waals surface area (Å²) in [6.07, 6.45) is 2.65. The van der Waals surface area contributed by atoms with Crippen molar-refractivity contribution in [3.63, 3.8) is 0 Å². The average molecular weight is 791 g/mol. The summed E-state index contributed by atoms with van der Waals surface area (Å²) < 4.78 is 38.4. The van der Waals surface area contributed by atoms with Gasteiger partial charge in [0.2, 0.25) is 11.8 Å². The number of methoxy groups -OCH3 is 2. The number of nitrogens with zero attached hydrogens (tertiary/aromatic N) is 2. The van der Waals surface area contributed by atoms with Gasteiger partial charge in [-0.15, -0.1) is 6.58 Å². The SMILES string of the molecule is C=C[C@@H]1C[C@]1(CC(C)C(=O)[C@@H]1C[C@@H](Oc2nccc3cc(OC)ccc23)CN1C(=O)[C@@H](NC(=O)OC(C)(C)C)C(C)(C)C)C(=O)N[S+]([O-])c1ccc(OC)cc1. The first-order valence-electron chi connectivity index (χ1n) is 18.7. The number of ether oxygens (including phenoxy) is 4. The molecule has 56 heavy (non-hydrogen) atoms. The van der Waals surface area contributed by atoms with E-state index in [0.29, 0.717) is 28.7 Å². The molecule has 1 saturated carbocycles. The lowest BCUT2D eigenvalue weighted by atomic mass is 9.84. The molecule has 1 aliphatic carbocycles. The number of allylic oxidation sites excluding steroid dienone is 1. The van der Waals surface area contributed by atoms with Crippen LogP contribution in [-0.2, 0) is 30.5 Å². The van der Waals surface area contributed by atoms with Crippen LogP contribution in [0.15, 0.2) is 72.3 Å². The molecule has 7 atom stereocenters. The fourth-order valence-electron chi connectivity index (χ4n) is 7.29. The monoisotopic (exact) mass is 790 g/mol. The topological polar surface area (TPSA) is 168 Å². The van der Waals surface area contributed by atoms with Crippen LogP contribution in [0.5, 0.6) is 17.4 Å². The van der Waals surface area contributed by atoms with Gasteiger partial charge in [0.25, 0.3) is 5.91 Å². The molecule has 3 amide bonds. The zero-order chi connectivity index (χ0) is 41.2. The minimum absolute atomic E-state index is 0.0422. The van der Waals surface area contributed by atoms with Crippen LogP contribution >= 0.6 is 0 Å². The van der Waals surface area contributed by atoms with E-state index >= 15 is 0 Å². The van der Waals surface area contributed by atoms with Gasteiger partial charge in [-0.2, -0.15) is 4.72 Å². The number of ketones is 1. The van der Waals surface area contributed by atoms with E-state index in [-0.39, 0.29) is 31.1 Å². The molecule has 2 unspecified atom stereocenters. The van der Waals surface area contributed by atoms with Gasteiger partial charge in [-0.3, -0.25) is 14.4 Å². The third kappa shape index (κ3) is 9.58. The van der Waals surface area contributed by atoms with E-state index in [1.54, 1.807) is 77.4 Å². The molecule has 1 aromatic heterocycles. The highest BCUT2D eigenvalue weighted by molar-refractivity contribution is 7.90. The first kappa shape index (κ1) is 42.3. The van der Waals surface area contributed by atoms with Crippen LogP contribution < -0.4 is 24.2 Å². The Bertz CT molecular complexity index is 1940. The summed E-state index contributed by atoms with van der Waals surface area (Å²) in [6, 6.07) is 11.9. The lowest BCUT2D eigenvalue weighted by Crippen LogP contribution is -2.57. The summed E-state index contributed by atoms with van der Waals surface area (Å²) in [5, 5.41) is 4.34. The quantitative estimate of drug-likeness (QED) is 0.142. The number of hydrogen-bond donors (Lipinski definition) is 2. The number of aromatic nitrogens is 1. The Kier molecular flexibility index (Phi) is 12.6. The molecule has 3 aromatic rings. The predicted molar refractivity (Wildman–Crippen MR) is 213 cm³/mol. The van der Waals surface area contributed by atoms with Crippen LogP contribution in [0.2, 0.25) is 0 Å². The highest BCUT2D eigenvalue weighted by Crippen LogP contribution is 2.58. The van der Waals surface area contributed by atoms with E-state index in [4.69, 9.17) is 18.9 Å². The molecule has 1 saturated heterocycles. The maximum Gasteiger partial charge on any atom is 0.408 e. The fraction of sp³-hybridized carbons (Fsp3) is 0.500. The van der Waals surface area contributed by atoms with Gasteiger partial charge < -0.3 is 33.7 Å². The second-order valence-electron chi connectivity index (χ2n) is 16.7. The minimum atomic E-state index is -1.85. The van der Waals surface area contributed by atoms with Crippen LogP contribution in [0.1, 0.15) is 67.7 Å². The molecule has 2 aliphatic rings. The second-order valence-corrected chi connectivity index (χ2v) is 17.9. The summed E-state index contributed by atoms with van der Waals surface area (Å²) >= 11 is -1.85. The Hall–Kier alpha value is -4.82. The summed E-state index contributed by atoms with van der Waals surface area (Å²) in [5.41, 5.74) is -2.58. The zero-order valence-electron chi connectivity index (χ0n) is 33.7. The van der Waals surface area contributed by atoms with Crippen LogP contribution in [-0.4, -0.2) is 82.7 Å². The lowest BCUT2D eigenvalue weighted by Gasteiger charge is -2.36. The number of carbonyl (C=O) groups excluding carboxylic acids is 4. The summed E-state index contributed by atoms with van der Waals surface area (Å²) in [5.74, 6) is -0.496. The van der Waals surface area contributed by atoms with Crippen molar-refractivity contribution in [1.29, 1.82) is 0 Å². The summed E-state index contributed by atoms with van der Waals surface area (Å²) in [4.78, 5) is 62.5. The van der Waals surface area contributed by atoms with Crippen molar-refractivity contribution in [3.8, 4) is 17.4 Å². The molecular weight excluding hydrogens is 737 g/mol. The number of amides is 3. The second kappa shape index (κ2) is 16.7. The van der Waals surface area contributed by atoms with Gasteiger partial charge in [0.15, 0.2) is 10.7 Å². The highest BCUT2D eigenvalue weighted by Gasteiger charge is 2.60. The number of pyridine rings is 1. The van der Waals surface area contributed by atoms with Crippen LogP contribution in [0.3, 0.4) is 0 Å². The van der Waals surface area contributed by atoms with Crippen molar-refractivity contribution in [2.45, 2.75) is 96.4 Å². The molecule has 2 fully saturated rings. The normalized spacial score (nSPS) is 22.3. The first-order valence-corrected chi connectivity index (χ1v) is 19.9.